The number of Topliss-reactive ketones (excluding diaryl/α,β-unsaturated/α-hetero) is 1. The summed E-state index contributed by atoms with van der Waals surface area (Å²) >= 11 is 0. The molecule has 4 nitrogen and oxygen atoms in total. The largest absolute Gasteiger partial charge is 0.381 e. The van der Waals surface area contributed by atoms with Gasteiger partial charge in [0.2, 0.25) is 0 Å². The molecule has 4 heteroatoms. The van der Waals surface area contributed by atoms with Gasteiger partial charge >= 0.3 is 0 Å². The molecular weight excluding hydrogens is 142 g/mol. The monoisotopic (exact) mass is 155 g/mol. The standard InChI is InChI=1S/C7H13N3O/c8-7(9)6(11)5-1-3-10-4-2-5/h5,10H,1-4H2,(H3,8,9). The number of carbonyl (C=O) groups is 1. The third kappa shape index (κ3) is 2.01. The summed E-state index contributed by atoms with van der Waals surface area (Å²) in [7, 11) is 0. The first-order valence-electron chi connectivity index (χ1n) is 3.81. The van der Waals surface area contributed by atoms with Crippen molar-refractivity contribution in [1.82, 2.24) is 5.32 Å². The number of ketones is 1. The Morgan fingerprint density at radius 3 is 2.45 bits per heavy atom. The van der Waals surface area contributed by atoms with Gasteiger partial charge < -0.3 is 11.1 Å². The molecule has 4 N–H and O–H groups in total. The lowest BCUT2D eigenvalue weighted by Crippen LogP contribution is -2.37. The first-order valence-corrected chi connectivity index (χ1v) is 3.81. The average Bonchev–Trinajstić information content (AvgIpc) is 2.05. The van der Waals surface area contributed by atoms with Crippen molar-refractivity contribution in [2.75, 3.05) is 13.1 Å². The molecule has 0 amide bonds. The van der Waals surface area contributed by atoms with Crippen LogP contribution < -0.4 is 11.1 Å². The van der Waals surface area contributed by atoms with Gasteiger partial charge in [0.05, 0.1) is 0 Å². The number of hydrogen-bond donors (Lipinski definition) is 3. The molecule has 62 valence electrons. The van der Waals surface area contributed by atoms with E-state index in [1.54, 1.807) is 0 Å². The van der Waals surface area contributed by atoms with Crippen LogP contribution in [-0.2, 0) is 4.79 Å². The molecular formula is C7H13N3O. The van der Waals surface area contributed by atoms with Crippen molar-refractivity contribution >= 4 is 11.6 Å². The summed E-state index contributed by atoms with van der Waals surface area (Å²) in [6.07, 6.45) is 1.64. The van der Waals surface area contributed by atoms with Crippen molar-refractivity contribution in [2.24, 2.45) is 11.7 Å². The molecule has 0 aromatic heterocycles. The smallest absolute Gasteiger partial charge is 0.200 e. The fourth-order valence-corrected chi connectivity index (χ4v) is 1.30. The quantitative estimate of drug-likeness (QED) is 0.371. The Labute approximate surface area is 65.7 Å². The zero-order valence-electron chi connectivity index (χ0n) is 6.39. The minimum atomic E-state index is -0.295. The highest BCUT2D eigenvalue weighted by molar-refractivity contribution is 6.37. The van der Waals surface area contributed by atoms with Gasteiger partial charge in [0.25, 0.3) is 0 Å². The molecule has 0 aliphatic carbocycles. The topological polar surface area (TPSA) is 79.0 Å². The van der Waals surface area contributed by atoms with Crippen LogP contribution in [0.5, 0.6) is 0 Å². The molecule has 0 aromatic rings. The fourth-order valence-electron chi connectivity index (χ4n) is 1.30. The van der Waals surface area contributed by atoms with E-state index in [1.807, 2.05) is 0 Å². The lowest BCUT2D eigenvalue weighted by atomic mass is 9.93. The van der Waals surface area contributed by atoms with Gasteiger partial charge in [-0.15, -0.1) is 0 Å². The van der Waals surface area contributed by atoms with E-state index in [4.69, 9.17) is 11.1 Å². The predicted molar refractivity (Wildman–Crippen MR) is 42.5 cm³/mol. The van der Waals surface area contributed by atoms with Gasteiger partial charge in [-0.25, -0.2) is 0 Å². The Morgan fingerprint density at radius 2 is 2.00 bits per heavy atom. The summed E-state index contributed by atoms with van der Waals surface area (Å²) in [5.41, 5.74) is 5.08. The maximum absolute atomic E-state index is 11.1. The first-order chi connectivity index (χ1) is 5.22. The highest BCUT2D eigenvalue weighted by atomic mass is 16.1. The lowest BCUT2D eigenvalue weighted by molar-refractivity contribution is -0.117. The summed E-state index contributed by atoms with van der Waals surface area (Å²) in [4.78, 5) is 11.1. The third-order valence-electron chi connectivity index (χ3n) is 1.98. The average molecular weight is 155 g/mol. The number of hydrogen-bond acceptors (Lipinski definition) is 3. The molecule has 1 rings (SSSR count). The number of amidine groups is 1. The van der Waals surface area contributed by atoms with Crippen molar-refractivity contribution in [3.05, 3.63) is 0 Å². The summed E-state index contributed by atoms with van der Waals surface area (Å²) < 4.78 is 0. The molecule has 0 aromatic carbocycles. The highest BCUT2D eigenvalue weighted by Gasteiger charge is 2.22. The number of rotatable bonds is 2. The van der Waals surface area contributed by atoms with Gasteiger partial charge in [0.15, 0.2) is 11.6 Å². The van der Waals surface area contributed by atoms with Crippen LogP contribution in [0.3, 0.4) is 0 Å². The Kier molecular flexibility index (Phi) is 2.59. The molecule has 1 heterocycles. The van der Waals surface area contributed by atoms with Crippen molar-refractivity contribution < 1.29 is 4.79 Å². The van der Waals surface area contributed by atoms with Crippen LogP contribution >= 0.6 is 0 Å². The van der Waals surface area contributed by atoms with E-state index in [1.165, 1.54) is 0 Å². The molecule has 0 radical (unpaired) electrons. The van der Waals surface area contributed by atoms with E-state index in [-0.39, 0.29) is 17.5 Å². The van der Waals surface area contributed by atoms with Gasteiger partial charge in [0.1, 0.15) is 0 Å². The van der Waals surface area contributed by atoms with Crippen LogP contribution in [0.25, 0.3) is 0 Å². The second-order valence-electron chi connectivity index (χ2n) is 2.80. The SMILES string of the molecule is N=C(N)C(=O)C1CCNCC1. The number of carbonyl (C=O) groups excluding carboxylic acids is 1. The Balaban J connectivity index is 2.45. The molecule has 0 saturated carbocycles. The van der Waals surface area contributed by atoms with Crippen LogP contribution in [0.4, 0.5) is 0 Å². The van der Waals surface area contributed by atoms with Gasteiger partial charge in [0, 0.05) is 5.92 Å². The third-order valence-corrected chi connectivity index (χ3v) is 1.98. The fraction of sp³-hybridized carbons (Fsp3) is 0.714. The van der Waals surface area contributed by atoms with E-state index in [0.717, 1.165) is 25.9 Å². The Morgan fingerprint density at radius 1 is 1.45 bits per heavy atom. The minimum absolute atomic E-state index is 0.00579. The van der Waals surface area contributed by atoms with Gasteiger partial charge in [-0.2, -0.15) is 0 Å². The zero-order chi connectivity index (χ0) is 8.27. The van der Waals surface area contributed by atoms with Crippen molar-refractivity contribution in [2.45, 2.75) is 12.8 Å². The summed E-state index contributed by atoms with van der Waals surface area (Å²) in [5.74, 6) is -0.489. The Bertz CT molecular complexity index is 173. The summed E-state index contributed by atoms with van der Waals surface area (Å²) in [6.45, 7) is 1.73. The molecule has 0 unspecified atom stereocenters. The molecule has 1 saturated heterocycles. The second-order valence-corrected chi connectivity index (χ2v) is 2.80. The number of piperidine rings is 1. The summed E-state index contributed by atoms with van der Waals surface area (Å²) in [5, 5.41) is 10.1. The van der Waals surface area contributed by atoms with Crippen LogP contribution in [0.15, 0.2) is 0 Å². The number of nitrogens with two attached hydrogens (primary N) is 1. The summed E-state index contributed by atoms with van der Waals surface area (Å²) in [6, 6.07) is 0. The lowest BCUT2D eigenvalue weighted by Gasteiger charge is -2.20. The number of nitrogens with one attached hydrogen (secondary N) is 2. The normalized spacial score (nSPS) is 19.6. The van der Waals surface area contributed by atoms with Crippen molar-refractivity contribution in [3.8, 4) is 0 Å². The van der Waals surface area contributed by atoms with E-state index in [0.29, 0.717) is 0 Å². The second kappa shape index (κ2) is 3.48. The van der Waals surface area contributed by atoms with Crippen molar-refractivity contribution in [1.29, 1.82) is 5.41 Å². The molecule has 1 fully saturated rings. The minimum Gasteiger partial charge on any atom is -0.381 e. The van der Waals surface area contributed by atoms with Crippen LogP contribution in [-0.4, -0.2) is 24.7 Å². The molecule has 11 heavy (non-hydrogen) atoms. The van der Waals surface area contributed by atoms with E-state index >= 15 is 0 Å². The van der Waals surface area contributed by atoms with E-state index < -0.39 is 0 Å². The maximum Gasteiger partial charge on any atom is 0.200 e. The highest BCUT2D eigenvalue weighted by Crippen LogP contribution is 2.11. The first kappa shape index (κ1) is 8.20. The molecule has 0 bridgehead atoms. The van der Waals surface area contributed by atoms with E-state index in [2.05, 4.69) is 5.32 Å². The van der Waals surface area contributed by atoms with Crippen LogP contribution in [0.2, 0.25) is 0 Å². The molecule has 0 spiro atoms. The molecule has 0 atom stereocenters. The zero-order valence-corrected chi connectivity index (χ0v) is 6.39. The van der Waals surface area contributed by atoms with Gasteiger partial charge in [-0.05, 0) is 25.9 Å². The van der Waals surface area contributed by atoms with Gasteiger partial charge in [-0.1, -0.05) is 0 Å². The van der Waals surface area contributed by atoms with Crippen LogP contribution in [0, 0.1) is 11.3 Å². The van der Waals surface area contributed by atoms with Crippen molar-refractivity contribution in [3.63, 3.8) is 0 Å². The Hall–Kier alpha value is -0.900. The maximum atomic E-state index is 11.1. The predicted octanol–water partition coefficient (Wildman–Crippen LogP) is -0.509. The molecule has 1 aliphatic heterocycles. The molecule has 1 aliphatic rings. The van der Waals surface area contributed by atoms with E-state index in [9.17, 15) is 4.79 Å². The van der Waals surface area contributed by atoms with Gasteiger partial charge in [-0.3, -0.25) is 10.2 Å². The van der Waals surface area contributed by atoms with Crippen LogP contribution in [0.1, 0.15) is 12.8 Å².